The highest BCUT2D eigenvalue weighted by atomic mass is 32.1. The Labute approximate surface area is 243 Å². The number of hydrogen-bond acceptors (Lipinski definition) is 8. The zero-order valence-corrected chi connectivity index (χ0v) is 24.6. The SMILES string of the molecule is C=C(CS)C(=O)OCCOc1cccc(-c2cc(OCCOC(=O)C(=C)CS)ccc2CCCCCCC)c1. The fraction of sp³-hybridized carbons (Fsp3) is 0.419. The zero-order valence-electron chi connectivity index (χ0n) is 22.8. The van der Waals surface area contributed by atoms with Crippen LogP contribution in [0.5, 0.6) is 11.5 Å². The van der Waals surface area contributed by atoms with E-state index >= 15 is 0 Å². The summed E-state index contributed by atoms with van der Waals surface area (Å²) in [7, 11) is 0. The molecule has 0 saturated heterocycles. The van der Waals surface area contributed by atoms with Gasteiger partial charge in [0.1, 0.15) is 37.9 Å². The lowest BCUT2D eigenvalue weighted by molar-refractivity contribution is -0.140. The number of ether oxygens (including phenoxy) is 4. The van der Waals surface area contributed by atoms with Gasteiger partial charge < -0.3 is 18.9 Å². The topological polar surface area (TPSA) is 71.1 Å². The lowest BCUT2D eigenvalue weighted by Crippen LogP contribution is -2.14. The van der Waals surface area contributed by atoms with Crippen molar-refractivity contribution in [1.82, 2.24) is 0 Å². The molecule has 0 saturated carbocycles. The zero-order chi connectivity index (χ0) is 28.5. The van der Waals surface area contributed by atoms with Gasteiger partial charge in [-0.05, 0) is 53.8 Å². The molecular weight excluding hydrogens is 532 g/mol. The highest BCUT2D eigenvalue weighted by Gasteiger charge is 2.11. The second kappa shape index (κ2) is 18.4. The number of carbonyl (C=O) groups excluding carboxylic acids is 2. The van der Waals surface area contributed by atoms with Crippen molar-refractivity contribution in [3.05, 3.63) is 72.3 Å². The summed E-state index contributed by atoms with van der Waals surface area (Å²) in [5.74, 6) is 0.931. The van der Waals surface area contributed by atoms with Crippen molar-refractivity contribution >= 4 is 37.2 Å². The molecule has 2 rings (SSSR count). The van der Waals surface area contributed by atoms with Gasteiger partial charge >= 0.3 is 11.9 Å². The minimum atomic E-state index is -0.468. The van der Waals surface area contributed by atoms with Crippen molar-refractivity contribution in [2.75, 3.05) is 37.9 Å². The van der Waals surface area contributed by atoms with E-state index in [1.807, 2.05) is 36.4 Å². The average molecular weight is 573 g/mol. The van der Waals surface area contributed by atoms with Gasteiger partial charge in [0.2, 0.25) is 0 Å². The molecule has 0 N–H and O–H groups in total. The van der Waals surface area contributed by atoms with E-state index in [1.165, 1.54) is 31.2 Å². The molecule has 0 radical (unpaired) electrons. The van der Waals surface area contributed by atoms with Gasteiger partial charge in [-0.2, -0.15) is 25.3 Å². The molecule has 8 heteroatoms. The number of esters is 2. The standard InChI is InChI=1S/C31H40O6S2/c1-4-5-6-7-8-10-25-13-14-28(35-16-18-37-31(33)24(3)22-39)20-29(25)26-11-9-12-27(19-26)34-15-17-36-30(32)23(2)21-38/h9,11-14,19-20,38-39H,2-8,10,15-18,21-22H2,1H3. The molecule has 0 amide bonds. The highest BCUT2D eigenvalue weighted by Crippen LogP contribution is 2.31. The van der Waals surface area contributed by atoms with Crippen molar-refractivity contribution in [2.24, 2.45) is 0 Å². The van der Waals surface area contributed by atoms with Gasteiger partial charge in [0.05, 0.1) is 0 Å². The largest absolute Gasteiger partial charge is 0.490 e. The maximum atomic E-state index is 11.8. The van der Waals surface area contributed by atoms with Crippen LogP contribution >= 0.6 is 25.3 Å². The summed E-state index contributed by atoms with van der Waals surface area (Å²) in [4.78, 5) is 23.5. The maximum Gasteiger partial charge on any atom is 0.334 e. The van der Waals surface area contributed by atoms with Crippen LogP contribution in [0.3, 0.4) is 0 Å². The highest BCUT2D eigenvalue weighted by molar-refractivity contribution is 7.80. The molecule has 0 aliphatic rings. The van der Waals surface area contributed by atoms with Crippen molar-refractivity contribution in [3.8, 4) is 22.6 Å². The van der Waals surface area contributed by atoms with E-state index in [0.29, 0.717) is 22.6 Å². The molecule has 39 heavy (non-hydrogen) atoms. The molecule has 0 fully saturated rings. The van der Waals surface area contributed by atoms with Gasteiger partial charge in [0.25, 0.3) is 0 Å². The molecule has 0 atom stereocenters. The summed E-state index contributed by atoms with van der Waals surface area (Å²) in [6, 6.07) is 13.9. The summed E-state index contributed by atoms with van der Waals surface area (Å²) in [6.07, 6.45) is 6.96. The Kier molecular flexibility index (Phi) is 15.3. The second-order valence-corrected chi connectivity index (χ2v) is 9.64. The van der Waals surface area contributed by atoms with E-state index < -0.39 is 11.9 Å². The molecular formula is C31H40O6S2. The molecule has 0 aromatic heterocycles. The predicted molar refractivity (Wildman–Crippen MR) is 163 cm³/mol. The maximum absolute atomic E-state index is 11.8. The Bertz CT molecular complexity index is 1100. The normalized spacial score (nSPS) is 10.5. The Morgan fingerprint density at radius 1 is 0.744 bits per heavy atom. The summed E-state index contributed by atoms with van der Waals surface area (Å²) in [6.45, 7) is 10.1. The fourth-order valence-electron chi connectivity index (χ4n) is 3.73. The van der Waals surface area contributed by atoms with Crippen LogP contribution in [-0.2, 0) is 25.5 Å². The summed E-state index contributed by atoms with van der Waals surface area (Å²) >= 11 is 8.07. The lowest BCUT2D eigenvalue weighted by atomic mass is 9.95. The monoisotopic (exact) mass is 572 g/mol. The number of rotatable bonds is 19. The number of aryl methyl sites for hydroxylation is 1. The summed E-state index contributed by atoms with van der Waals surface area (Å²) in [5, 5.41) is 0. The van der Waals surface area contributed by atoms with Gasteiger partial charge in [-0.1, -0.05) is 64.0 Å². The Morgan fingerprint density at radius 2 is 1.33 bits per heavy atom. The van der Waals surface area contributed by atoms with Gasteiger partial charge in [0, 0.05) is 22.7 Å². The Hall–Kier alpha value is -2.84. The molecule has 0 bridgehead atoms. The Morgan fingerprint density at radius 3 is 1.92 bits per heavy atom. The van der Waals surface area contributed by atoms with Crippen LogP contribution < -0.4 is 9.47 Å². The average Bonchev–Trinajstić information content (AvgIpc) is 2.96. The molecule has 0 unspecified atom stereocenters. The van der Waals surface area contributed by atoms with E-state index in [9.17, 15) is 9.59 Å². The van der Waals surface area contributed by atoms with E-state index in [0.717, 1.165) is 24.0 Å². The smallest absolute Gasteiger partial charge is 0.334 e. The van der Waals surface area contributed by atoms with E-state index in [-0.39, 0.29) is 37.9 Å². The van der Waals surface area contributed by atoms with Crippen LogP contribution in [-0.4, -0.2) is 49.9 Å². The van der Waals surface area contributed by atoms with Crippen LogP contribution in [0.25, 0.3) is 11.1 Å². The molecule has 0 spiro atoms. The molecule has 2 aromatic carbocycles. The molecule has 212 valence electrons. The third-order valence-electron chi connectivity index (χ3n) is 5.91. The van der Waals surface area contributed by atoms with E-state index in [4.69, 9.17) is 18.9 Å². The number of unbranched alkanes of at least 4 members (excludes halogenated alkanes) is 4. The van der Waals surface area contributed by atoms with E-state index in [1.54, 1.807) is 0 Å². The van der Waals surface area contributed by atoms with Gasteiger partial charge in [-0.15, -0.1) is 0 Å². The number of carbonyl (C=O) groups is 2. The first-order chi connectivity index (χ1) is 18.9. The van der Waals surface area contributed by atoms with E-state index in [2.05, 4.69) is 51.4 Å². The summed E-state index contributed by atoms with van der Waals surface area (Å²) < 4.78 is 22.0. The van der Waals surface area contributed by atoms with Crippen LogP contribution in [0.1, 0.15) is 44.6 Å². The Balaban J connectivity index is 2.09. The number of thiol groups is 2. The van der Waals surface area contributed by atoms with Crippen LogP contribution in [0, 0.1) is 0 Å². The quantitative estimate of drug-likeness (QED) is 0.0847. The van der Waals surface area contributed by atoms with Crippen LogP contribution in [0.4, 0.5) is 0 Å². The third kappa shape index (κ3) is 11.8. The van der Waals surface area contributed by atoms with Gasteiger partial charge in [0.15, 0.2) is 0 Å². The number of hydrogen-bond donors (Lipinski definition) is 2. The molecule has 0 aliphatic carbocycles. The second-order valence-electron chi connectivity index (χ2n) is 9.00. The van der Waals surface area contributed by atoms with Gasteiger partial charge in [-0.25, -0.2) is 9.59 Å². The molecule has 6 nitrogen and oxygen atoms in total. The molecule has 2 aromatic rings. The van der Waals surface area contributed by atoms with Crippen LogP contribution in [0.2, 0.25) is 0 Å². The van der Waals surface area contributed by atoms with Crippen molar-refractivity contribution in [3.63, 3.8) is 0 Å². The third-order valence-corrected chi connectivity index (χ3v) is 6.67. The first-order valence-electron chi connectivity index (χ1n) is 13.3. The van der Waals surface area contributed by atoms with Gasteiger partial charge in [-0.3, -0.25) is 0 Å². The fourth-order valence-corrected chi connectivity index (χ4v) is 3.98. The van der Waals surface area contributed by atoms with Crippen molar-refractivity contribution in [2.45, 2.75) is 45.4 Å². The van der Waals surface area contributed by atoms with Crippen molar-refractivity contribution in [1.29, 1.82) is 0 Å². The number of benzene rings is 2. The first kappa shape index (κ1) is 32.4. The van der Waals surface area contributed by atoms with Crippen LogP contribution in [0.15, 0.2) is 66.8 Å². The lowest BCUT2D eigenvalue weighted by Gasteiger charge is -2.15. The predicted octanol–water partition coefficient (Wildman–Crippen LogP) is 6.68. The first-order valence-corrected chi connectivity index (χ1v) is 14.6. The van der Waals surface area contributed by atoms with Crippen molar-refractivity contribution < 1.29 is 28.5 Å². The minimum absolute atomic E-state index is 0.119. The minimum Gasteiger partial charge on any atom is -0.490 e. The molecule has 0 heterocycles. The molecule has 0 aliphatic heterocycles. The summed E-state index contributed by atoms with van der Waals surface area (Å²) in [5.41, 5.74) is 3.91.